The van der Waals surface area contributed by atoms with Gasteiger partial charge >= 0.3 is 5.97 Å². The molecule has 5 nitrogen and oxygen atoms in total. The molecule has 0 spiro atoms. The number of methoxy groups -OCH3 is 1. The van der Waals surface area contributed by atoms with Gasteiger partial charge in [-0.05, 0) is 26.0 Å². The van der Waals surface area contributed by atoms with Crippen molar-refractivity contribution in [1.82, 2.24) is 4.90 Å². The van der Waals surface area contributed by atoms with Crippen LogP contribution in [0.2, 0.25) is 0 Å². The lowest BCUT2D eigenvalue weighted by Gasteiger charge is -2.25. The Morgan fingerprint density at radius 3 is 2.46 bits per heavy atom. The molecular weight excluding hydrogens is 306 g/mol. The molecule has 0 saturated carbocycles. The molecule has 0 atom stereocenters. The second-order valence-corrected chi connectivity index (χ2v) is 5.82. The Kier molecular flexibility index (Phi) is 6.18. The van der Waals surface area contributed by atoms with Crippen molar-refractivity contribution < 1.29 is 18.7 Å². The van der Waals surface area contributed by atoms with Crippen LogP contribution in [0.1, 0.15) is 26.0 Å². The van der Waals surface area contributed by atoms with Crippen molar-refractivity contribution in [2.45, 2.75) is 32.7 Å². The molecule has 1 amide bonds. The van der Waals surface area contributed by atoms with Crippen LogP contribution in [-0.4, -0.2) is 36.5 Å². The average molecular weight is 329 g/mol. The zero-order valence-electron chi connectivity index (χ0n) is 14.3. The van der Waals surface area contributed by atoms with Crippen LogP contribution in [0.25, 0.3) is 11.3 Å². The molecule has 0 unspecified atom stereocenters. The number of esters is 1. The fourth-order valence-corrected chi connectivity index (χ4v) is 2.41. The van der Waals surface area contributed by atoms with Crippen molar-refractivity contribution in [1.29, 1.82) is 0 Å². The molecule has 0 N–H and O–H groups in total. The molecule has 0 radical (unpaired) electrons. The SMILES string of the molecule is COC(=O)CN(C(=O)CCc1ccc(-c2ccccc2)o1)C(C)C. The number of carbonyl (C=O) groups excluding carboxylic acids is 2. The van der Waals surface area contributed by atoms with Gasteiger partial charge in [0.15, 0.2) is 0 Å². The van der Waals surface area contributed by atoms with Crippen molar-refractivity contribution in [3.63, 3.8) is 0 Å². The van der Waals surface area contributed by atoms with Crippen LogP contribution in [0.5, 0.6) is 0 Å². The van der Waals surface area contributed by atoms with Gasteiger partial charge in [-0.2, -0.15) is 0 Å². The summed E-state index contributed by atoms with van der Waals surface area (Å²) in [5.74, 6) is 1.03. The first-order valence-electron chi connectivity index (χ1n) is 8.01. The number of carbonyl (C=O) groups is 2. The summed E-state index contributed by atoms with van der Waals surface area (Å²) in [5.41, 5.74) is 1.00. The highest BCUT2D eigenvalue weighted by molar-refractivity contribution is 5.82. The number of rotatable bonds is 7. The number of hydrogen-bond acceptors (Lipinski definition) is 4. The van der Waals surface area contributed by atoms with E-state index in [2.05, 4.69) is 4.74 Å². The number of hydrogen-bond donors (Lipinski definition) is 0. The smallest absolute Gasteiger partial charge is 0.325 e. The lowest BCUT2D eigenvalue weighted by molar-refractivity contribution is -0.148. The minimum absolute atomic E-state index is 0.0274. The van der Waals surface area contributed by atoms with Gasteiger partial charge in [-0.3, -0.25) is 9.59 Å². The molecule has 1 aromatic heterocycles. The zero-order valence-corrected chi connectivity index (χ0v) is 14.3. The normalized spacial score (nSPS) is 10.7. The average Bonchev–Trinajstić information content (AvgIpc) is 3.06. The minimum atomic E-state index is -0.415. The first kappa shape index (κ1) is 17.8. The second-order valence-electron chi connectivity index (χ2n) is 5.82. The quantitative estimate of drug-likeness (QED) is 0.731. The van der Waals surface area contributed by atoms with E-state index in [1.54, 1.807) is 0 Å². The van der Waals surface area contributed by atoms with Crippen LogP contribution in [0.4, 0.5) is 0 Å². The number of aryl methyl sites for hydroxylation is 1. The number of nitrogens with zero attached hydrogens (tertiary/aromatic N) is 1. The van der Waals surface area contributed by atoms with Gasteiger partial charge in [0.05, 0.1) is 7.11 Å². The Hall–Kier alpha value is -2.56. The maximum Gasteiger partial charge on any atom is 0.325 e. The van der Waals surface area contributed by atoms with E-state index in [1.807, 2.05) is 56.3 Å². The fourth-order valence-electron chi connectivity index (χ4n) is 2.41. The molecule has 2 aromatic rings. The highest BCUT2D eigenvalue weighted by atomic mass is 16.5. The van der Waals surface area contributed by atoms with Crippen LogP contribution in [0.15, 0.2) is 46.9 Å². The van der Waals surface area contributed by atoms with E-state index in [0.717, 1.165) is 17.1 Å². The van der Waals surface area contributed by atoms with Crippen molar-refractivity contribution in [2.75, 3.05) is 13.7 Å². The van der Waals surface area contributed by atoms with Crippen molar-refractivity contribution in [2.24, 2.45) is 0 Å². The predicted octanol–water partition coefficient (Wildman–Crippen LogP) is 3.29. The summed E-state index contributed by atoms with van der Waals surface area (Å²) < 4.78 is 10.4. The van der Waals surface area contributed by atoms with Gasteiger partial charge in [-0.25, -0.2) is 0 Å². The summed E-state index contributed by atoms with van der Waals surface area (Å²) in [6.07, 6.45) is 0.785. The zero-order chi connectivity index (χ0) is 17.5. The third-order valence-electron chi connectivity index (χ3n) is 3.78. The molecule has 5 heteroatoms. The largest absolute Gasteiger partial charge is 0.468 e. The van der Waals surface area contributed by atoms with E-state index in [4.69, 9.17) is 4.42 Å². The number of furan rings is 1. The highest BCUT2D eigenvalue weighted by Crippen LogP contribution is 2.22. The fraction of sp³-hybridized carbons (Fsp3) is 0.368. The van der Waals surface area contributed by atoms with E-state index in [1.165, 1.54) is 12.0 Å². The molecule has 0 saturated heterocycles. The molecule has 0 bridgehead atoms. The van der Waals surface area contributed by atoms with E-state index in [9.17, 15) is 9.59 Å². The van der Waals surface area contributed by atoms with Gasteiger partial charge in [-0.15, -0.1) is 0 Å². The van der Waals surface area contributed by atoms with Crippen LogP contribution < -0.4 is 0 Å². The molecule has 1 heterocycles. The van der Waals surface area contributed by atoms with Gasteiger partial charge in [0.2, 0.25) is 5.91 Å². The lowest BCUT2D eigenvalue weighted by atomic mass is 10.2. The Labute approximate surface area is 142 Å². The van der Waals surface area contributed by atoms with Gasteiger partial charge in [0.25, 0.3) is 0 Å². The summed E-state index contributed by atoms with van der Waals surface area (Å²) in [6.45, 7) is 3.73. The van der Waals surface area contributed by atoms with Gasteiger partial charge in [0.1, 0.15) is 18.1 Å². The summed E-state index contributed by atoms with van der Waals surface area (Å²) in [4.78, 5) is 25.3. The molecule has 0 aliphatic heterocycles. The topological polar surface area (TPSA) is 59.8 Å². The van der Waals surface area contributed by atoms with Crippen molar-refractivity contribution >= 4 is 11.9 Å². The van der Waals surface area contributed by atoms with Crippen molar-refractivity contribution in [3.8, 4) is 11.3 Å². The highest BCUT2D eigenvalue weighted by Gasteiger charge is 2.20. The van der Waals surface area contributed by atoms with E-state index in [0.29, 0.717) is 6.42 Å². The minimum Gasteiger partial charge on any atom is -0.468 e. The first-order chi connectivity index (χ1) is 11.5. The molecule has 1 aromatic carbocycles. The predicted molar refractivity (Wildman–Crippen MR) is 91.3 cm³/mol. The van der Waals surface area contributed by atoms with Crippen LogP contribution in [-0.2, 0) is 20.7 Å². The standard InChI is InChI=1S/C19H23NO4/c1-14(2)20(13-19(22)23-3)18(21)12-10-16-9-11-17(24-16)15-7-5-4-6-8-15/h4-9,11,14H,10,12-13H2,1-3H3. The maximum atomic E-state index is 12.4. The Balaban J connectivity index is 1.96. The molecule has 0 aliphatic rings. The second kappa shape index (κ2) is 8.34. The Morgan fingerprint density at radius 1 is 1.12 bits per heavy atom. The molecule has 128 valence electrons. The van der Waals surface area contributed by atoms with E-state index < -0.39 is 5.97 Å². The third-order valence-corrected chi connectivity index (χ3v) is 3.78. The van der Waals surface area contributed by atoms with E-state index in [-0.39, 0.29) is 24.9 Å². The number of benzene rings is 1. The van der Waals surface area contributed by atoms with Crippen LogP contribution in [0, 0.1) is 0 Å². The number of ether oxygens (including phenoxy) is 1. The van der Waals surface area contributed by atoms with E-state index >= 15 is 0 Å². The first-order valence-corrected chi connectivity index (χ1v) is 8.01. The Morgan fingerprint density at radius 2 is 1.83 bits per heavy atom. The Bertz CT molecular complexity index is 676. The summed E-state index contributed by atoms with van der Waals surface area (Å²) in [5, 5.41) is 0. The lowest BCUT2D eigenvalue weighted by Crippen LogP contribution is -2.41. The van der Waals surface area contributed by atoms with Crippen LogP contribution >= 0.6 is 0 Å². The van der Waals surface area contributed by atoms with Gasteiger partial charge < -0.3 is 14.1 Å². The molecule has 24 heavy (non-hydrogen) atoms. The van der Waals surface area contributed by atoms with Gasteiger partial charge in [-0.1, -0.05) is 30.3 Å². The summed E-state index contributed by atoms with van der Waals surface area (Å²) in [7, 11) is 1.32. The maximum absolute atomic E-state index is 12.4. The third kappa shape index (κ3) is 4.72. The van der Waals surface area contributed by atoms with Gasteiger partial charge in [0, 0.05) is 24.4 Å². The van der Waals surface area contributed by atoms with Crippen LogP contribution in [0.3, 0.4) is 0 Å². The molecular formula is C19H23NO4. The summed E-state index contributed by atoms with van der Waals surface area (Å²) >= 11 is 0. The molecule has 0 fully saturated rings. The number of amides is 1. The summed E-state index contributed by atoms with van der Waals surface area (Å²) in [6, 6.07) is 13.5. The molecule has 2 rings (SSSR count). The van der Waals surface area contributed by atoms with Crippen molar-refractivity contribution in [3.05, 3.63) is 48.2 Å². The monoisotopic (exact) mass is 329 g/mol. The molecule has 0 aliphatic carbocycles.